The van der Waals surface area contributed by atoms with Crippen molar-refractivity contribution in [1.82, 2.24) is 10.2 Å². The predicted molar refractivity (Wildman–Crippen MR) is 121 cm³/mol. The van der Waals surface area contributed by atoms with Crippen LogP contribution in [0.1, 0.15) is 44.6 Å². The summed E-state index contributed by atoms with van der Waals surface area (Å²) in [5, 5.41) is 5.40. The van der Waals surface area contributed by atoms with Crippen LogP contribution in [0.25, 0.3) is 0 Å². The van der Waals surface area contributed by atoms with Gasteiger partial charge in [-0.05, 0) is 42.3 Å². The van der Waals surface area contributed by atoms with Gasteiger partial charge in [-0.2, -0.15) is 39.5 Å². The van der Waals surface area contributed by atoms with Crippen LogP contribution in [0.3, 0.4) is 0 Å². The van der Waals surface area contributed by atoms with Gasteiger partial charge in [-0.15, -0.1) is 0 Å². The molecule has 2 aliphatic rings. The van der Waals surface area contributed by atoms with Crippen LogP contribution in [-0.4, -0.2) is 54.2 Å². The molecule has 2 amide bonds. The van der Waals surface area contributed by atoms with Gasteiger partial charge in [-0.3, -0.25) is 9.59 Å². The highest BCUT2D eigenvalue weighted by molar-refractivity contribution is 6.04. The van der Waals surface area contributed by atoms with E-state index in [1.54, 1.807) is 0 Å². The van der Waals surface area contributed by atoms with Crippen LogP contribution in [0.2, 0.25) is 0 Å². The fourth-order valence-corrected chi connectivity index (χ4v) is 4.47. The maximum Gasteiger partial charge on any atom is 0.435 e. The third-order valence-corrected chi connectivity index (χ3v) is 6.73. The molecule has 6 nitrogen and oxygen atoms in total. The van der Waals surface area contributed by atoms with Gasteiger partial charge < -0.3 is 15.1 Å². The molecule has 0 bridgehead atoms. The van der Waals surface area contributed by atoms with Gasteiger partial charge in [0.05, 0.1) is 42.9 Å². The average molecular weight is 635 g/mol. The zero-order valence-corrected chi connectivity index (χ0v) is 21.4. The zero-order chi connectivity index (χ0) is 32.3. The average Bonchev–Trinajstić information content (AvgIpc) is 3.31. The molecule has 1 N–H and O–H groups in total. The van der Waals surface area contributed by atoms with E-state index in [-0.39, 0.29) is 16.7 Å². The second kappa shape index (κ2) is 10.3. The standard InChI is InChI=1S/C25H17F12N3O3/c1-11-4-12(2-3-14(11)20(42)38-8-18(41)40-9-21(27,28)10-40)17-7-22(43-39-17,25(35,36)37)15-5-13(23(29,30)31)6-16(19(15)26)24(32,33)34/h2-6H,7-10H2,1H3,(H,38,42). The van der Waals surface area contributed by atoms with E-state index in [2.05, 4.69) is 15.3 Å². The Morgan fingerprint density at radius 1 is 0.977 bits per heavy atom. The van der Waals surface area contributed by atoms with Crippen LogP contribution in [0.15, 0.2) is 35.5 Å². The molecule has 0 radical (unpaired) electrons. The molecule has 1 atom stereocenters. The minimum absolute atomic E-state index is 0.0646. The van der Waals surface area contributed by atoms with Crippen molar-refractivity contribution >= 4 is 17.5 Å². The van der Waals surface area contributed by atoms with Crippen LogP contribution in [0.5, 0.6) is 0 Å². The Hall–Kier alpha value is -3.99. The Kier molecular flexibility index (Phi) is 7.67. The van der Waals surface area contributed by atoms with Crippen molar-refractivity contribution < 1.29 is 67.1 Å². The smallest absolute Gasteiger partial charge is 0.374 e. The quantitative estimate of drug-likeness (QED) is 0.413. The van der Waals surface area contributed by atoms with Gasteiger partial charge >= 0.3 is 18.5 Å². The molecule has 0 spiro atoms. The van der Waals surface area contributed by atoms with Crippen molar-refractivity contribution in [3.63, 3.8) is 0 Å². The molecule has 2 aromatic rings. The Balaban J connectivity index is 1.61. The fourth-order valence-electron chi connectivity index (χ4n) is 4.47. The largest absolute Gasteiger partial charge is 0.435 e. The Labute approximate surface area is 233 Å². The number of nitrogens with one attached hydrogen (secondary N) is 1. The first kappa shape index (κ1) is 31.9. The highest BCUT2D eigenvalue weighted by Gasteiger charge is 2.64. The minimum Gasteiger partial charge on any atom is -0.374 e. The first-order chi connectivity index (χ1) is 19.6. The van der Waals surface area contributed by atoms with E-state index in [1.165, 1.54) is 6.92 Å². The van der Waals surface area contributed by atoms with Crippen LogP contribution in [0, 0.1) is 12.7 Å². The van der Waals surface area contributed by atoms with Crippen molar-refractivity contribution in [3.8, 4) is 0 Å². The number of halogens is 12. The maximum absolute atomic E-state index is 14.9. The molecule has 0 saturated carbocycles. The summed E-state index contributed by atoms with van der Waals surface area (Å²) in [5.74, 6) is -7.33. The van der Waals surface area contributed by atoms with E-state index in [9.17, 15) is 62.3 Å². The SMILES string of the molecule is Cc1cc(C2=NOC(c3cc(C(F)(F)F)cc(C(F)(F)F)c3F)(C(F)(F)F)C2)ccc1C(=O)NCC(=O)N1CC(F)(F)C1. The number of amides is 2. The monoisotopic (exact) mass is 635 g/mol. The van der Waals surface area contributed by atoms with Crippen molar-refractivity contribution in [3.05, 3.63) is 69.5 Å². The maximum atomic E-state index is 14.9. The summed E-state index contributed by atoms with van der Waals surface area (Å²) < 4.78 is 164. The molecule has 0 aromatic heterocycles. The summed E-state index contributed by atoms with van der Waals surface area (Å²) in [7, 11) is 0. The third-order valence-electron chi connectivity index (χ3n) is 6.73. The summed E-state index contributed by atoms with van der Waals surface area (Å²) in [6.07, 6.45) is -18.7. The number of benzene rings is 2. The van der Waals surface area contributed by atoms with E-state index in [0.717, 1.165) is 23.1 Å². The van der Waals surface area contributed by atoms with Crippen molar-refractivity contribution in [2.24, 2.45) is 5.16 Å². The van der Waals surface area contributed by atoms with Crippen molar-refractivity contribution in [1.29, 1.82) is 0 Å². The molecule has 1 saturated heterocycles. The number of likely N-dealkylation sites (tertiary alicyclic amines) is 1. The Morgan fingerprint density at radius 3 is 2.12 bits per heavy atom. The first-order valence-corrected chi connectivity index (χ1v) is 11.9. The van der Waals surface area contributed by atoms with Crippen LogP contribution in [0.4, 0.5) is 52.7 Å². The van der Waals surface area contributed by atoms with Crippen LogP contribution < -0.4 is 5.32 Å². The third kappa shape index (κ3) is 6.08. The second-order valence-electron chi connectivity index (χ2n) is 9.83. The fraction of sp³-hybridized carbons (Fsp3) is 0.400. The summed E-state index contributed by atoms with van der Waals surface area (Å²) in [6, 6.07) is 2.10. The number of alkyl halides is 11. The molecule has 234 valence electrons. The summed E-state index contributed by atoms with van der Waals surface area (Å²) in [6.45, 7) is -0.985. The van der Waals surface area contributed by atoms with Gasteiger partial charge in [-0.25, -0.2) is 13.2 Å². The molecule has 2 heterocycles. The molecule has 4 rings (SSSR count). The number of aryl methyl sites for hydroxylation is 1. The topological polar surface area (TPSA) is 71.0 Å². The molecule has 2 aliphatic heterocycles. The highest BCUT2D eigenvalue weighted by Crippen LogP contribution is 2.52. The van der Waals surface area contributed by atoms with Gasteiger partial charge in [0.2, 0.25) is 5.91 Å². The van der Waals surface area contributed by atoms with Gasteiger partial charge in [0.25, 0.3) is 17.4 Å². The molecule has 1 unspecified atom stereocenters. The lowest BCUT2D eigenvalue weighted by Gasteiger charge is -2.38. The number of nitrogens with zero attached hydrogens (tertiary/aromatic N) is 2. The molecule has 1 fully saturated rings. The summed E-state index contributed by atoms with van der Waals surface area (Å²) in [4.78, 5) is 29.6. The number of carbonyl (C=O) groups is 2. The van der Waals surface area contributed by atoms with E-state index >= 15 is 0 Å². The van der Waals surface area contributed by atoms with Crippen molar-refractivity contribution in [2.75, 3.05) is 19.6 Å². The lowest BCUT2D eigenvalue weighted by Crippen LogP contribution is -2.60. The van der Waals surface area contributed by atoms with E-state index in [1.807, 2.05) is 0 Å². The highest BCUT2D eigenvalue weighted by atomic mass is 19.4. The lowest BCUT2D eigenvalue weighted by atomic mass is 9.84. The number of hydrogen-bond donors (Lipinski definition) is 1. The molecule has 0 aliphatic carbocycles. The normalized spacial score (nSPS) is 20.3. The molecular formula is C25H17F12N3O3. The van der Waals surface area contributed by atoms with Crippen LogP contribution in [-0.2, 0) is 27.6 Å². The number of oxime groups is 1. The van der Waals surface area contributed by atoms with E-state index < -0.39 is 108 Å². The Bertz CT molecular complexity index is 1490. The molecular weight excluding hydrogens is 618 g/mol. The molecule has 18 heteroatoms. The van der Waals surface area contributed by atoms with Gasteiger partial charge in [0.15, 0.2) is 0 Å². The number of carbonyl (C=O) groups excluding carboxylic acids is 2. The summed E-state index contributed by atoms with van der Waals surface area (Å²) >= 11 is 0. The first-order valence-electron chi connectivity index (χ1n) is 11.9. The predicted octanol–water partition coefficient (Wildman–Crippen LogP) is 5.96. The van der Waals surface area contributed by atoms with E-state index in [4.69, 9.17) is 0 Å². The molecule has 43 heavy (non-hydrogen) atoms. The second-order valence-corrected chi connectivity index (χ2v) is 9.83. The van der Waals surface area contributed by atoms with Crippen LogP contribution >= 0.6 is 0 Å². The van der Waals surface area contributed by atoms with Crippen molar-refractivity contribution in [2.45, 2.75) is 43.4 Å². The number of hydrogen-bond acceptors (Lipinski definition) is 4. The van der Waals surface area contributed by atoms with Gasteiger partial charge in [0.1, 0.15) is 5.82 Å². The van der Waals surface area contributed by atoms with E-state index in [0.29, 0.717) is 0 Å². The summed E-state index contributed by atoms with van der Waals surface area (Å²) in [5.41, 5.74) is -11.9. The lowest BCUT2D eigenvalue weighted by molar-refractivity contribution is -0.277. The number of rotatable bonds is 5. The van der Waals surface area contributed by atoms with Gasteiger partial charge in [0, 0.05) is 11.1 Å². The van der Waals surface area contributed by atoms with Gasteiger partial charge in [-0.1, -0.05) is 11.2 Å². The minimum atomic E-state index is -5.80. The zero-order valence-electron chi connectivity index (χ0n) is 21.4. The Morgan fingerprint density at radius 2 is 1.60 bits per heavy atom. The molecule has 2 aromatic carbocycles.